The van der Waals surface area contributed by atoms with Crippen molar-refractivity contribution in [3.05, 3.63) is 65.9 Å². The molecule has 0 spiro atoms. The number of rotatable bonds is 5. The fourth-order valence-corrected chi connectivity index (χ4v) is 3.34. The van der Waals surface area contributed by atoms with Crippen LogP contribution in [0.4, 0.5) is 13.2 Å². The highest BCUT2D eigenvalue weighted by Gasteiger charge is 2.43. The summed E-state index contributed by atoms with van der Waals surface area (Å²) in [5.74, 6) is -0.526. The second-order valence-electron chi connectivity index (χ2n) is 7.05. The van der Waals surface area contributed by atoms with Crippen LogP contribution in [-0.2, 0) is 28.0 Å². The van der Waals surface area contributed by atoms with Gasteiger partial charge >= 0.3 is 6.18 Å². The summed E-state index contributed by atoms with van der Waals surface area (Å²) in [5, 5.41) is 4.14. The molecule has 0 N–H and O–H groups in total. The molecule has 1 fully saturated rings. The maximum Gasteiger partial charge on any atom is 0.417 e. The molecule has 158 valence electrons. The third-order valence-corrected chi connectivity index (χ3v) is 4.67. The maximum absolute atomic E-state index is 12.7. The lowest BCUT2D eigenvalue weighted by Crippen LogP contribution is -2.34. The van der Waals surface area contributed by atoms with Gasteiger partial charge in [0, 0.05) is 17.8 Å². The van der Waals surface area contributed by atoms with E-state index in [1.807, 2.05) is 19.9 Å². The number of nitrogens with zero attached hydrogens (tertiary/aromatic N) is 4. The van der Waals surface area contributed by atoms with Crippen LogP contribution in [0.3, 0.4) is 0 Å². The monoisotopic (exact) mass is 420 g/mol. The van der Waals surface area contributed by atoms with E-state index in [9.17, 15) is 13.2 Å². The Morgan fingerprint density at radius 2 is 2.10 bits per heavy atom. The van der Waals surface area contributed by atoms with Gasteiger partial charge in [0.1, 0.15) is 24.9 Å². The van der Waals surface area contributed by atoms with E-state index < -0.39 is 17.5 Å². The van der Waals surface area contributed by atoms with Gasteiger partial charge in [-0.3, -0.25) is 0 Å². The van der Waals surface area contributed by atoms with Crippen LogP contribution in [0.2, 0.25) is 0 Å². The molecular weight excluding hydrogens is 401 g/mol. The van der Waals surface area contributed by atoms with Gasteiger partial charge in [-0.25, -0.2) is 14.6 Å². The number of alkyl halides is 3. The summed E-state index contributed by atoms with van der Waals surface area (Å²) >= 11 is 0. The van der Waals surface area contributed by atoms with E-state index >= 15 is 0 Å². The summed E-state index contributed by atoms with van der Waals surface area (Å²) in [6.07, 6.45) is -0.778. The summed E-state index contributed by atoms with van der Waals surface area (Å²) in [4.78, 5) is 7.69. The third-order valence-electron chi connectivity index (χ3n) is 4.67. The maximum atomic E-state index is 12.7. The van der Waals surface area contributed by atoms with E-state index in [1.54, 1.807) is 23.1 Å². The van der Waals surface area contributed by atoms with Gasteiger partial charge in [-0.15, -0.1) is 0 Å². The van der Waals surface area contributed by atoms with Crippen LogP contribution in [0.15, 0.2) is 49.2 Å². The average molecular weight is 420 g/mol. The van der Waals surface area contributed by atoms with E-state index in [0.29, 0.717) is 18.9 Å². The first kappa shape index (κ1) is 20.3. The molecule has 0 saturated carbocycles. The van der Waals surface area contributed by atoms with Crippen LogP contribution in [0.5, 0.6) is 11.6 Å². The van der Waals surface area contributed by atoms with Crippen molar-refractivity contribution in [2.24, 2.45) is 0 Å². The van der Waals surface area contributed by atoms with Crippen LogP contribution < -0.4 is 4.74 Å². The molecule has 0 bridgehead atoms. The number of ether oxygens (including phenoxy) is 3. The van der Waals surface area contributed by atoms with Crippen molar-refractivity contribution < 1.29 is 27.4 Å². The van der Waals surface area contributed by atoms with Crippen LogP contribution in [0.1, 0.15) is 23.6 Å². The topological polar surface area (TPSA) is 71.3 Å². The smallest absolute Gasteiger partial charge is 0.417 e. The Balaban J connectivity index is 1.57. The first-order valence-electron chi connectivity index (χ1n) is 9.22. The largest absolute Gasteiger partial charge is 0.439 e. The zero-order chi connectivity index (χ0) is 21.4. The fourth-order valence-electron chi connectivity index (χ4n) is 3.34. The molecule has 1 aliphatic heterocycles. The molecule has 2 atom stereocenters. The van der Waals surface area contributed by atoms with Crippen molar-refractivity contribution >= 4 is 0 Å². The Hall–Kier alpha value is -2.98. The van der Waals surface area contributed by atoms with E-state index in [2.05, 4.69) is 15.1 Å². The molecule has 0 amide bonds. The predicted molar refractivity (Wildman–Crippen MR) is 98.7 cm³/mol. The van der Waals surface area contributed by atoms with Crippen LogP contribution in [-0.4, -0.2) is 32.5 Å². The quantitative estimate of drug-likeness (QED) is 0.620. The number of halogens is 3. The summed E-state index contributed by atoms with van der Waals surface area (Å²) in [5.41, 5.74) is 0.796. The van der Waals surface area contributed by atoms with Crippen molar-refractivity contribution in [3.8, 4) is 11.6 Å². The lowest BCUT2D eigenvalue weighted by atomic mass is 9.99. The van der Waals surface area contributed by atoms with Crippen molar-refractivity contribution in [2.45, 2.75) is 38.5 Å². The van der Waals surface area contributed by atoms with Crippen molar-refractivity contribution in [1.29, 1.82) is 0 Å². The zero-order valence-corrected chi connectivity index (χ0v) is 16.3. The van der Waals surface area contributed by atoms with E-state index in [1.165, 1.54) is 12.4 Å². The minimum absolute atomic E-state index is 0.0643. The van der Waals surface area contributed by atoms with Gasteiger partial charge in [-0.1, -0.05) is 0 Å². The number of pyridine rings is 1. The van der Waals surface area contributed by atoms with Gasteiger partial charge in [0.2, 0.25) is 11.7 Å². The summed E-state index contributed by atoms with van der Waals surface area (Å²) in [6, 6.07) is 7.37. The highest BCUT2D eigenvalue weighted by molar-refractivity contribution is 5.39. The van der Waals surface area contributed by atoms with E-state index in [4.69, 9.17) is 14.2 Å². The minimum atomic E-state index is -4.44. The number of benzene rings is 1. The van der Waals surface area contributed by atoms with Gasteiger partial charge in [-0.2, -0.15) is 18.3 Å². The Morgan fingerprint density at radius 3 is 2.67 bits per heavy atom. The lowest BCUT2D eigenvalue weighted by molar-refractivity contribution is -0.187. The van der Waals surface area contributed by atoms with E-state index in [0.717, 1.165) is 23.4 Å². The van der Waals surface area contributed by atoms with E-state index in [-0.39, 0.29) is 12.0 Å². The number of aryl methyl sites for hydroxylation is 1. The fraction of sp³-hybridized carbons (Fsp3) is 0.350. The SMILES string of the molecule is Cc1cc(Oc2ccc(C(F)(F)F)cn2)ccc1C1(Cn2cncn2)OCC(C)O1. The normalized spacial score (nSPS) is 21.7. The molecule has 3 heterocycles. The molecule has 10 heteroatoms. The van der Waals surface area contributed by atoms with Crippen molar-refractivity contribution in [2.75, 3.05) is 6.61 Å². The molecule has 7 nitrogen and oxygen atoms in total. The highest BCUT2D eigenvalue weighted by atomic mass is 19.4. The Morgan fingerprint density at radius 1 is 1.27 bits per heavy atom. The summed E-state index contributed by atoms with van der Waals surface area (Å²) in [7, 11) is 0. The molecule has 0 aliphatic carbocycles. The molecule has 30 heavy (non-hydrogen) atoms. The molecule has 1 aliphatic rings. The minimum Gasteiger partial charge on any atom is -0.439 e. The summed E-state index contributed by atoms with van der Waals surface area (Å²) < 4.78 is 57.4. The summed E-state index contributed by atoms with van der Waals surface area (Å²) in [6.45, 7) is 4.55. The second-order valence-corrected chi connectivity index (χ2v) is 7.05. The van der Waals surface area contributed by atoms with Crippen molar-refractivity contribution in [3.63, 3.8) is 0 Å². The molecular formula is C20H19F3N4O3. The molecule has 3 aromatic rings. The number of aromatic nitrogens is 4. The molecule has 2 unspecified atom stereocenters. The molecule has 0 radical (unpaired) electrons. The van der Waals surface area contributed by atoms with Crippen LogP contribution in [0.25, 0.3) is 0 Å². The van der Waals surface area contributed by atoms with Gasteiger partial charge in [0.15, 0.2) is 0 Å². The highest BCUT2D eigenvalue weighted by Crippen LogP contribution is 2.39. The zero-order valence-electron chi connectivity index (χ0n) is 16.3. The average Bonchev–Trinajstić information content (AvgIpc) is 3.32. The Kier molecular flexibility index (Phi) is 5.20. The lowest BCUT2D eigenvalue weighted by Gasteiger charge is -2.29. The van der Waals surface area contributed by atoms with Gasteiger partial charge in [-0.05, 0) is 43.7 Å². The standard InChI is InChI=1S/C20H19F3N4O3/c1-13-7-16(29-18-6-3-15(8-25-18)20(21,22)23)4-5-17(13)19(28-9-14(2)30-19)10-27-12-24-11-26-27/h3-8,11-12,14H,9-10H2,1-2H3. The molecule has 2 aromatic heterocycles. The Bertz CT molecular complexity index is 1010. The third kappa shape index (κ3) is 4.14. The second kappa shape index (κ2) is 7.69. The molecule has 1 saturated heterocycles. The van der Waals surface area contributed by atoms with Gasteiger partial charge in [0.05, 0.1) is 18.3 Å². The first-order chi connectivity index (χ1) is 14.2. The Labute approximate surface area is 170 Å². The molecule has 4 rings (SSSR count). The van der Waals surface area contributed by atoms with Crippen LogP contribution >= 0.6 is 0 Å². The van der Waals surface area contributed by atoms with Gasteiger partial charge < -0.3 is 14.2 Å². The van der Waals surface area contributed by atoms with Crippen molar-refractivity contribution in [1.82, 2.24) is 19.7 Å². The van der Waals surface area contributed by atoms with Crippen LogP contribution in [0, 0.1) is 6.92 Å². The number of hydrogen-bond acceptors (Lipinski definition) is 6. The molecule has 1 aromatic carbocycles. The predicted octanol–water partition coefficient (Wildman–Crippen LogP) is 4.08. The van der Waals surface area contributed by atoms with Gasteiger partial charge in [0.25, 0.3) is 0 Å². The number of hydrogen-bond donors (Lipinski definition) is 0. The first-order valence-corrected chi connectivity index (χ1v) is 9.22.